The third-order valence-corrected chi connectivity index (χ3v) is 3.22. The van der Waals surface area contributed by atoms with Crippen molar-refractivity contribution in [1.29, 1.82) is 0 Å². The Kier molecular flexibility index (Phi) is 2.71. The Hall–Kier alpha value is -0.320. The number of hydrogen-bond acceptors (Lipinski definition) is 4. The summed E-state index contributed by atoms with van der Waals surface area (Å²) < 4.78 is 0.584. The number of nitrogens with zero attached hydrogens (tertiary/aromatic N) is 2. The maximum Gasteiger partial charge on any atom is 0.185 e. The van der Waals surface area contributed by atoms with Gasteiger partial charge in [0.1, 0.15) is 5.82 Å². The van der Waals surface area contributed by atoms with E-state index in [1.807, 2.05) is 5.38 Å². The van der Waals surface area contributed by atoms with Crippen LogP contribution in [0.4, 0.5) is 5.82 Å². The summed E-state index contributed by atoms with van der Waals surface area (Å²) in [5.74, 6) is 0.946. The van der Waals surface area contributed by atoms with Gasteiger partial charge in [-0.2, -0.15) is 0 Å². The van der Waals surface area contributed by atoms with E-state index in [-0.39, 0.29) is 6.10 Å². The van der Waals surface area contributed by atoms with Gasteiger partial charge in [-0.1, -0.05) is 11.6 Å². The van der Waals surface area contributed by atoms with Gasteiger partial charge in [-0.25, -0.2) is 4.98 Å². The van der Waals surface area contributed by atoms with Crippen LogP contribution in [0.15, 0.2) is 5.38 Å². The molecule has 0 unspecified atom stereocenters. The number of thiazole rings is 1. The highest BCUT2D eigenvalue weighted by atomic mass is 35.5. The minimum Gasteiger partial charge on any atom is -0.393 e. The SMILES string of the molecule is OC1CCN(c2csc(Cl)n2)CC1. The molecule has 2 rings (SSSR count). The Labute approximate surface area is 86.0 Å². The van der Waals surface area contributed by atoms with Crippen LogP contribution in [0.5, 0.6) is 0 Å². The summed E-state index contributed by atoms with van der Waals surface area (Å²) in [6.07, 6.45) is 1.52. The van der Waals surface area contributed by atoms with Gasteiger partial charge in [0.2, 0.25) is 0 Å². The van der Waals surface area contributed by atoms with Crippen LogP contribution in [0.1, 0.15) is 12.8 Å². The van der Waals surface area contributed by atoms with Gasteiger partial charge < -0.3 is 10.0 Å². The Bertz CT molecular complexity index is 283. The fourth-order valence-corrected chi connectivity index (χ4v) is 2.26. The van der Waals surface area contributed by atoms with Crippen LogP contribution in [0, 0.1) is 0 Å². The second kappa shape index (κ2) is 3.82. The molecule has 5 heteroatoms. The molecule has 1 aliphatic heterocycles. The summed E-state index contributed by atoms with van der Waals surface area (Å²) in [6.45, 7) is 1.75. The zero-order chi connectivity index (χ0) is 9.26. The van der Waals surface area contributed by atoms with E-state index >= 15 is 0 Å². The summed E-state index contributed by atoms with van der Waals surface area (Å²) in [7, 11) is 0. The van der Waals surface area contributed by atoms with E-state index in [0.29, 0.717) is 4.47 Å². The molecule has 72 valence electrons. The molecule has 13 heavy (non-hydrogen) atoms. The van der Waals surface area contributed by atoms with Crippen molar-refractivity contribution < 1.29 is 5.11 Å². The Morgan fingerprint density at radius 1 is 1.54 bits per heavy atom. The first-order valence-electron chi connectivity index (χ1n) is 4.30. The number of rotatable bonds is 1. The summed E-state index contributed by atoms with van der Waals surface area (Å²) in [6, 6.07) is 0. The van der Waals surface area contributed by atoms with Gasteiger partial charge in [0.05, 0.1) is 6.10 Å². The Balaban J connectivity index is 2.02. The summed E-state index contributed by atoms with van der Waals surface area (Å²) in [5, 5.41) is 11.3. The van der Waals surface area contributed by atoms with Crippen LogP contribution in [-0.2, 0) is 0 Å². The summed E-state index contributed by atoms with van der Waals surface area (Å²) >= 11 is 7.19. The molecule has 3 nitrogen and oxygen atoms in total. The third kappa shape index (κ3) is 2.13. The third-order valence-electron chi connectivity index (χ3n) is 2.25. The second-order valence-corrected chi connectivity index (χ2v) is 4.62. The standard InChI is InChI=1S/C8H11ClN2OS/c9-8-10-7(5-13-8)11-3-1-6(12)2-4-11/h5-6,12H,1-4H2. The molecule has 1 aromatic rings. The van der Waals surface area contributed by atoms with Crippen LogP contribution < -0.4 is 4.90 Å². The maximum atomic E-state index is 9.31. The average molecular weight is 219 g/mol. The number of anilines is 1. The molecule has 0 spiro atoms. The molecule has 2 heterocycles. The molecule has 1 saturated heterocycles. The minimum atomic E-state index is -0.134. The lowest BCUT2D eigenvalue weighted by Gasteiger charge is -2.29. The van der Waals surface area contributed by atoms with E-state index in [2.05, 4.69) is 9.88 Å². The molecule has 1 N–H and O–H groups in total. The number of halogens is 1. The summed E-state index contributed by atoms with van der Waals surface area (Å²) in [5.41, 5.74) is 0. The largest absolute Gasteiger partial charge is 0.393 e. The number of aliphatic hydroxyl groups is 1. The minimum absolute atomic E-state index is 0.134. The first-order valence-corrected chi connectivity index (χ1v) is 5.55. The predicted octanol–water partition coefficient (Wildman–Crippen LogP) is 1.76. The summed E-state index contributed by atoms with van der Waals surface area (Å²) in [4.78, 5) is 6.35. The lowest BCUT2D eigenvalue weighted by Crippen LogP contribution is -2.35. The van der Waals surface area contributed by atoms with Crippen molar-refractivity contribution in [2.45, 2.75) is 18.9 Å². The van der Waals surface area contributed by atoms with Crippen LogP contribution in [-0.4, -0.2) is 29.3 Å². The molecule has 0 bridgehead atoms. The molecule has 0 aliphatic carbocycles. The quantitative estimate of drug-likeness (QED) is 0.781. The number of aliphatic hydroxyl groups excluding tert-OH is 1. The van der Waals surface area contributed by atoms with Crippen molar-refractivity contribution in [3.8, 4) is 0 Å². The van der Waals surface area contributed by atoms with E-state index in [1.54, 1.807) is 0 Å². The molecular formula is C8H11ClN2OS. The first kappa shape index (κ1) is 9.24. The molecule has 0 amide bonds. The molecule has 1 aromatic heterocycles. The molecule has 0 atom stereocenters. The maximum absolute atomic E-state index is 9.31. The average Bonchev–Trinajstić information content (AvgIpc) is 2.53. The van der Waals surface area contributed by atoms with Gasteiger partial charge in [-0.05, 0) is 12.8 Å². The first-order chi connectivity index (χ1) is 6.25. The smallest absolute Gasteiger partial charge is 0.185 e. The highest BCUT2D eigenvalue weighted by Gasteiger charge is 2.18. The van der Waals surface area contributed by atoms with Crippen LogP contribution in [0.2, 0.25) is 4.47 Å². The van der Waals surface area contributed by atoms with Crippen molar-refractivity contribution in [3.63, 3.8) is 0 Å². The highest BCUT2D eigenvalue weighted by Crippen LogP contribution is 2.24. The van der Waals surface area contributed by atoms with Crippen LogP contribution in [0.3, 0.4) is 0 Å². The van der Waals surface area contributed by atoms with Crippen molar-refractivity contribution >= 4 is 28.8 Å². The van der Waals surface area contributed by atoms with E-state index < -0.39 is 0 Å². The number of hydrogen-bond donors (Lipinski definition) is 1. The van der Waals surface area contributed by atoms with Gasteiger partial charge in [-0.3, -0.25) is 0 Å². The fraction of sp³-hybridized carbons (Fsp3) is 0.625. The zero-order valence-electron chi connectivity index (χ0n) is 7.11. The second-order valence-electron chi connectivity index (χ2n) is 3.18. The van der Waals surface area contributed by atoms with E-state index in [9.17, 15) is 5.11 Å². The van der Waals surface area contributed by atoms with Gasteiger partial charge in [0, 0.05) is 18.5 Å². The van der Waals surface area contributed by atoms with E-state index in [4.69, 9.17) is 11.6 Å². The predicted molar refractivity (Wildman–Crippen MR) is 54.6 cm³/mol. The van der Waals surface area contributed by atoms with E-state index in [1.165, 1.54) is 11.3 Å². The van der Waals surface area contributed by atoms with Gasteiger partial charge >= 0.3 is 0 Å². The molecule has 1 fully saturated rings. The molecular weight excluding hydrogens is 208 g/mol. The molecule has 0 aromatic carbocycles. The topological polar surface area (TPSA) is 36.4 Å². The van der Waals surface area contributed by atoms with Crippen molar-refractivity contribution in [2.24, 2.45) is 0 Å². The van der Waals surface area contributed by atoms with Crippen molar-refractivity contribution in [3.05, 3.63) is 9.85 Å². The highest BCUT2D eigenvalue weighted by molar-refractivity contribution is 7.14. The van der Waals surface area contributed by atoms with Crippen LogP contribution in [0.25, 0.3) is 0 Å². The van der Waals surface area contributed by atoms with Gasteiger partial charge in [0.15, 0.2) is 4.47 Å². The van der Waals surface area contributed by atoms with Crippen LogP contribution >= 0.6 is 22.9 Å². The Morgan fingerprint density at radius 3 is 2.77 bits per heavy atom. The van der Waals surface area contributed by atoms with Crippen molar-refractivity contribution in [2.75, 3.05) is 18.0 Å². The van der Waals surface area contributed by atoms with Crippen molar-refractivity contribution in [1.82, 2.24) is 4.98 Å². The molecule has 0 saturated carbocycles. The molecule has 1 aliphatic rings. The van der Waals surface area contributed by atoms with E-state index in [0.717, 1.165) is 31.7 Å². The fourth-order valence-electron chi connectivity index (χ4n) is 1.48. The number of piperidine rings is 1. The lowest BCUT2D eigenvalue weighted by molar-refractivity contribution is 0.145. The normalized spacial score (nSPS) is 19.4. The zero-order valence-corrected chi connectivity index (χ0v) is 8.68. The number of aromatic nitrogens is 1. The molecule has 0 radical (unpaired) electrons. The Morgan fingerprint density at radius 2 is 2.23 bits per heavy atom. The lowest BCUT2D eigenvalue weighted by atomic mass is 10.1. The monoisotopic (exact) mass is 218 g/mol. The van der Waals surface area contributed by atoms with Gasteiger partial charge in [-0.15, -0.1) is 11.3 Å². The van der Waals surface area contributed by atoms with Gasteiger partial charge in [0.25, 0.3) is 0 Å².